The molecule has 3 N–H and O–H groups in total. The maximum atomic E-state index is 12.0. The van der Waals surface area contributed by atoms with Crippen molar-refractivity contribution < 1.29 is 4.79 Å². The Hall–Kier alpha value is -1.49. The van der Waals surface area contributed by atoms with Gasteiger partial charge in [0.05, 0.1) is 21.3 Å². The molecule has 0 saturated heterocycles. The van der Waals surface area contributed by atoms with Gasteiger partial charge in [-0.15, -0.1) is 0 Å². The number of rotatable bonds is 2. The first-order chi connectivity index (χ1) is 8.97. The number of aromatic nitrogens is 1. The first-order valence-corrected chi connectivity index (χ1v) is 6.28. The number of amides is 1. The van der Waals surface area contributed by atoms with Crippen LogP contribution in [0.25, 0.3) is 0 Å². The molecule has 0 fully saturated rings. The number of nitrogens with one attached hydrogen (secondary N) is 1. The first kappa shape index (κ1) is 13.9. The van der Waals surface area contributed by atoms with Gasteiger partial charge in [0.25, 0.3) is 5.91 Å². The fourth-order valence-electron chi connectivity index (χ4n) is 1.41. The third-order valence-corrected chi connectivity index (χ3v) is 3.06. The second kappa shape index (κ2) is 5.65. The van der Waals surface area contributed by atoms with Crippen molar-refractivity contribution >= 4 is 52.2 Å². The summed E-state index contributed by atoms with van der Waals surface area (Å²) in [5.74, 6) is -0.0957. The highest BCUT2D eigenvalue weighted by atomic mass is 35.5. The van der Waals surface area contributed by atoms with Crippen molar-refractivity contribution in [1.82, 2.24) is 4.98 Å². The summed E-state index contributed by atoms with van der Waals surface area (Å²) < 4.78 is 0. The van der Waals surface area contributed by atoms with E-state index in [0.29, 0.717) is 15.9 Å². The standard InChI is InChI=1S/C12H8Cl3N3O/c13-6-1-2-10(17-5-6)18-12(19)8-3-7(14)4-9(15)11(8)16/h1-5H,16H2,(H,17,18,19). The smallest absolute Gasteiger partial charge is 0.259 e. The van der Waals surface area contributed by atoms with Gasteiger partial charge in [-0.05, 0) is 24.3 Å². The molecule has 0 atom stereocenters. The van der Waals surface area contributed by atoms with E-state index in [1.54, 1.807) is 12.1 Å². The van der Waals surface area contributed by atoms with E-state index in [1.165, 1.54) is 18.3 Å². The van der Waals surface area contributed by atoms with Gasteiger partial charge >= 0.3 is 0 Å². The second-order valence-corrected chi connectivity index (χ2v) is 4.94. The molecule has 0 bridgehead atoms. The summed E-state index contributed by atoms with van der Waals surface area (Å²) in [7, 11) is 0. The first-order valence-electron chi connectivity index (χ1n) is 5.15. The zero-order chi connectivity index (χ0) is 14.0. The molecule has 0 aliphatic rings. The molecule has 0 unspecified atom stereocenters. The molecule has 1 amide bonds. The number of benzene rings is 1. The maximum Gasteiger partial charge on any atom is 0.259 e. The van der Waals surface area contributed by atoms with E-state index < -0.39 is 5.91 Å². The Kier molecular flexibility index (Phi) is 4.14. The number of nitrogens with zero attached hydrogens (tertiary/aromatic N) is 1. The molecule has 4 nitrogen and oxygen atoms in total. The molecule has 19 heavy (non-hydrogen) atoms. The molecule has 1 aromatic carbocycles. The van der Waals surface area contributed by atoms with Crippen LogP contribution in [0, 0.1) is 0 Å². The number of carbonyl (C=O) groups is 1. The van der Waals surface area contributed by atoms with Gasteiger partial charge in [0, 0.05) is 11.2 Å². The van der Waals surface area contributed by atoms with Crippen LogP contribution in [0.15, 0.2) is 30.5 Å². The lowest BCUT2D eigenvalue weighted by Gasteiger charge is -2.08. The number of carbonyl (C=O) groups excluding carboxylic acids is 1. The Morgan fingerprint density at radius 1 is 1.16 bits per heavy atom. The number of anilines is 2. The van der Waals surface area contributed by atoms with Gasteiger partial charge < -0.3 is 11.1 Å². The van der Waals surface area contributed by atoms with Crippen molar-refractivity contribution in [3.05, 3.63) is 51.1 Å². The van der Waals surface area contributed by atoms with E-state index >= 15 is 0 Å². The van der Waals surface area contributed by atoms with Crippen molar-refractivity contribution in [2.75, 3.05) is 11.1 Å². The lowest BCUT2D eigenvalue weighted by atomic mass is 10.1. The molecule has 98 valence electrons. The van der Waals surface area contributed by atoms with Crippen LogP contribution in [0.4, 0.5) is 11.5 Å². The quantitative estimate of drug-likeness (QED) is 0.826. The highest BCUT2D eigenvalue weighted by molar-refractivity contribution is 6.37. The number of hydrogen-bond donors (Lipinski definition) is 2. The van der Waals surface area contributed by atoms with E-state index in [9.17, 15) is 4.79 Å². The van der Waals surface area contributed by atoms with Crippen LogP contribution in [-0.2, 0) is 0 Å². The van der Waals surface area contributed by atoms with Crippen LogP contribution in [0.1, 0.15) is 10.4 Å². The summed E-state index contributed by atoms with van der Waals surface area (Å²) in [6.45, 7) is 0. The van der Waals surface area contributed by atoms with Gasteiger partial charge in [-0.25, -0.2) is 4.98 Å². The van der Waals surface area contributed by atoms with Crippen LogP contribution in [0.2, 0.25) is 15.1 Å². The van der Waals surface area contributed by atoms with Crippen molar-refractivity contribution in [3.63, 3.8) is 0 Å². The maximum absolute atomic E-state index is 12.0. The minimum Gasteiger partial charge on any atom is -0.397 e. The summed E-state index contributed by atoms with van der Waals surface area (Å²) in [6, 6.07) is 6.09. The number of halogens is 3. The normalized spacial score (nSPS) is 10.3. The minimum absolute atomic E-state index is 0.164. The summed E-state index contributed by atoms with van der Waals surface area (Å²) in [4.78, 5) is 16.0. The Morgan fingerprint density at radius 3 is 2.53 bits per heavy atom. The molecular formula is C12H8Cl3N3O. The van der Waals surface area contributed by atoms with E-state index in [-0.39, 0.29) is 16.3 Å². The predicted octanol–water partition coefficient (Wildman–Crippen LogP) is 3.88. The van der Waals surface area contributed by atoms with Crippen molar-refractivity contribution in [3.8, 4) is 0 Å². The number of hydrogen-bond acceptors (Lipinski definition) is 3. The van der Waals surface area contributed by atoms with Gasteiger partial charge in [-0.3, -0.25) is 4.79 Å². The molecular weight excluding hydrogens is 309 g/mol. The zero-order valence-corrected chi connectivity index (χ0v) is 11.7. The molecule has 0 aliphatic heterocycles. The molecule has 1 heterocycles. The fourth-order valence-corrected chi connectivity index (χ4v) is 2.01. The van der Waals surface area contributed by atoms with Crippen molar-refractivity contribution in [2.24, 2.45) is 0 Å². The molecule has 0 saturated carbocycles. The molecule has 0 radical (unpaired) electrons. The lowest BCUT2D eigenvalue weighted by Crippen LogP contribution is -2.15. The van der Waals surface area contributed by atoms with Crippen molar-refractivity contribution in [1.29, 1.82) is 0 Å². The lowest BCUT2D eigenvalue weighted by molar-refractivity contribution is 0.102. The Bertz CT molecular complexity index is 629. The van der Waals surface area contributed by atoms with E-state index in [0.717, 1.165) is 0 Å². The average molecular weight is 317 g/mol. The van der Waals surface area contributed by atoms with Gasteiger partial charge in [-0.1, -0.05) is 34.8 Å². The van der Waals surface area contributed by atoms with Crippen molar-refractivity contribution in [2.45, 2.75) is 0 Å². The SMILES string of the molecule is Nc1c(Cl)cc(Cl)cc1C(=O)Nc1ccc(Cl)cn1. The monoisotopic (exact) mass is 315 g/mol. The summed E-state index contributed by atoms with van der Waals surface area (Å²) in [5.41, 5.74) is 6.09. The van der Waals surface area contributed by atoms with Gasteiger partial charge in [0.2, 0.25) is 0 Å². The molecule has 1 aromatic heterocycles. The van der Waals surface area contributed by atoms with Gasteiger partial charge in [0.15, 0.2) is 0 Å². The number of nitrogen functional groups attached to an aromatic ring is 1. The topological polar surface area (TPSA) is 68.0 Å². The predicted molar refractivity (Wildman–Crippen MR) is 78.1 cm³/mol. The third kappa shape index (κ3) is 3.29. The van der Waals surface area contributed by atoms with Crippen LogP contribution < -0.4 is 11.1 Å². The van der Waals surface area contributed by atoms with Crippen LogP contribution in [0.3, 0.4) is 0 Å². The van der Waals surface area contributed by atoms with Crippen LogP contribution in [0.5, 0.6) is 0 Å². The van der Waals surface area contributed by atoms with E-state index in [2.05, 4.69) is 10.3 Å². The summed E-state index contributed by atoms with van der Waals surface area (Å²) in [5, 5.41) is 3.60. The summed E-state index contributed by atoms with van der Waals surface area (Å²) >= 11 is 17.4. The highest BCUT2D eigenvalue weighted by Gasteiger charge is 2.14. The number of pyridine rings is 1. The molecule has 2 rings (SSSR count). The summed E-state index contributed by atoms with van der Waals surface area (Å²) in [6.07, 6.45) is 1.42. The molecule has 0 aliphatic carbocycles. The minimum atomic E-state index is -0.447. The third-order valence-electron chi connectivity index (χ3n) is 2.31. The van der Waals surface area contributed by atoms with Gasteiger partial charge in [0.1, 0.15) is 5.82 Å². The van der Waals surface area contributed by atoms with Crippen LogP contribution in [-0.4, -0.2) is 10.9 Å². The molecule has 2 aromatic rings. The van der Waals surface area contributed by atoms with E-state index in [4.69, 9.17) is 40.5 Å². The molecule has 0 spiro atoms. The largest absolute Gasteiger partial charge is 0.397 e. The average Bonchev–Trinajstić information content (AvgIpc) is 2.36. The fraction of sp³-hybridized carbons (Fsp3) is 0. The van der Waals surface area contributed by atoms with Gasteiger partial charge in [-0.2, -0.15) is 0 Å². The van der Waals surface area contributed by atoms with E-state index in [1.807, 2.05) is 0 Å². The Morgan fingerprint density at radius 2 is 1.89 bits per heavy atom. The Labute approximate surface area is 124 Å². The second-order valence-electron chi connectivity index (χ2n) is 3.66. The number of nitrogens with two attached hydrogens (primary N) is 1. The highest BCUT2D eigenvalue weighted by Crippen LogP contribution is 2.28. The Balaban J connectivity index is 2.27. The molecule has 7 heteroatoms. The van der Waals surface area contributed by atoms with Crippen LogP contribution >= 0.6 is 34.8 Å². The zero-order valence-electron chi connectivity index (χ0n) is 9.45.